The number of halogens is 2. The number of phenols is 1. The van der Waals surface area contributed by atoms with Gasteiger partial charge in [-0.2, -0.15) is 0 Å². The minimum Gasteiger partial charge on any atom is -0.505 e. The highest BCUT2D eigenvalue weighted by Crippen LogP contribution is 2.16. The fraction of sp³-hybridized carbons (Fsp3) is 0.529. The van der Waals surface area contributed by atoms with Crippen LogP contribution in [-0.4, -0.2) is 54.8 Å². The van der Waals surface area contributed by atoms with Gasteiger partial charge in [-0.05, 0) is 37.5 Å². The van der Waals surface area contributed by atoms with Crippen LogP contribution in [0.25, 0.3) is 0 Å². The van der Waals surface area contributed by atoms with Crippen molar-refractivity contribution < 1.29 is 19.0 Å². The first-order valence-electron chi connectivity index (χ1n) is 8.39. The van der Waals surface area contributed by atoms with Gasteiger partial charge in [0, 0.05) is 32.7 Å². The molecule has 1 heterocycles. The number of piperidine rings is 1. The second kappa shape index (κ2) is 11.0. The van der Waals surface area contributed by atoms with Crippen molar-refractivity contribution in [3.05, 3.63) is 29.6 Å². The maximum Gasteiger partial charge on any atom is 0.409 e. The van der Waals surface area contributed by atoms with Gasteiger partial charge in [-0.15, -0.1) is 24.0 Å². The first-order chi connectivity index (χ1) is 12.0. The van der Waals surface area contributed by atoms with Crippen molar-refractivity contribution in [3.63, 3.8) is 0 Å². The molecule has 0 saturated carbocycles. The molecule has 1 aromatic rings. The van der Waals surface area contributed by atoms with Crippen molar-refractivity contribution in [1.82, 2.24) is 15.5 Å². The Morgan fingerprint density at radius 1 is 1.42 bits per heavy atom. The van der Waals surface area contributed by atoms with E-state index in [4.69, 9.17) is 4.74 Å². The Hall–Kier alpha value is -1.78. The van der Waals surface area contributed by atoms with Crippen LogP contribution in [0.2, 0.25) is 0 Å². The van der Waals surface area contributed by atoms with E-state index < -0.39 is 5.82 Å². The molecular weight excluding hydrogens is 454 g/mol. The SMILES string of the molecule is CCOC(=O)N1CCC(NC(=NC)NCc2ccc(O)c(F)c2)CC1.I. The number of rotatable bonds is 4. The van der Waals surface area contributed by atoms with E-state index in [9.17, 15) is 14.3 Å². The van der Waals surface area contributed by atoms with Gasteiger partial charge in [-0.25, -0.2) is 9.18 Å². The highest BCUT2D eigenvalue weighted by Gasteiger charge is 2.24. The number of nitrogens with zero attached hydrogens (tertiary/aromatic N) is 2. The molecule has 0 bridgehead atoms. The van der Waals surface area contributed by atoms with E-state index in [2.05, 4.69) is 15.6 Å². The molecule has 1 fully saturated rings. The Kier molecular flexibility index (Phi) is 9.46. The number of carbonyl (C=O) groups is 1. The summed E-state index contributed by atoms with van der Waals surface area (Å²) in [6, 6.07) is 4.46. The fourth-order valence-corrected chi connectivity index (χ4v) is 2.66. The van der Waals surface area contributed by atoms with Crippen molar-refractivity contribution in [2.75, 3.05) is 26.7 Å². The number of phenolic OH excluding ortho intramolecular Hbond substituents is 1. The van der Waals surface area contributed by atoms with Gasteiger partial charge in [-0.1, -0.05) is 6.07 Å². The van der Waals surface area contributed by atoms with E-state index >= 15 is 0 Å². The molecule has 26 heavy (non-hydrogen) atoms. The first kappa shape index (κ1) is 22.3. The van der Waals surface area contributed by atoms with Crippen LogP contribution in [0.4, 0.5) is 9.18 Å². The molecule has 0 atom stereocenters. The Labute approximate surface area is 170 Å². The van der Waals surface area contributed by atoms with Gasteiger partial charge in [0.15, 0.2) is 17.5 Å². The number of amides is 1. The third-order valence-electron chi connectivity index (χ3n) is 4.06. The molecular formula is C17H26FIN4O3. The summed E-state index contributed by atoms with van der Waals surface area (Å²) in [4.78, 5) is 17.6. The van der Waals surface area contributed by atoms with Crippen LogP contribution in [0.3, 0.4) is 0 Å². The Bertz CT molecular complexity index is 622. The number of nitrogens with one attached hydrogen (secondary N) is 2. The number of carbonyl (C=O) groups excluding carboxylic acids is 1. The molecule has 1 aliphatic rings. The van der Waals surface area contributed by atoms with E-state index in [1.165, 1.54) is 12.1 Å². The third kappa shape index (κ3) is 6.50. The molecule has 1 amide bonds. The zero-order valence-electron chi connectivity index (χ0n) is 15.0. The van der Waals surface area contributed by atoms with Crippen LogP contribution in [-0.2, 0) is 11.3 Å². The van der Waals surface area contributed by atoms with Crippen LogP contribution in [0.1, 0.15) is 25.3 Å². The monoisotopic (exact) mass is 480 g/mol. The maximum absolute atomic E-state index is 13.3. The molecule has 146 valence electrons. The minimum atomic E-state index is -0.645. The molecule has 0 radical (unpaired) electrons. The van der Waals surface area contributed by atoms with Crippen LogP contribution in [0.5, 0.6) is 5.75 Å². The summed E-state index contributed by atoms with van der Waals surface area (Å²) in [6.07, 6.45) is 1.33. The smallest absolute Gasteiger partial charge is 0.409 e. The zero-order valence-corrected chi connectivity index (χ0v) is 17.3. The quantitative estimate of drug-likeness (QED) is 0.350. The van der Waals surface area contributed by atoms with Crippen molar-refractivity contribution in [1.29, 1.82) is 0 Å². The van der Waals surface area contributed by atoms with Crippen LogP contribution < -0.4 is 10.6 Å². The number of benzene rings is 1. The summed E-state index contributed by atoms with van der Waals surface area (Å²) in [5.41, 5.74) is 0.704. The van der Waals surface area contributed by atoms with E-state index in [0.717, 1.165) is 12.8 Å². The largest absolute Gasteiger partial charge is 0.505 e. The number of ether oxygens (including phenoxy) is 1. The van der Waals surface area contributed by atoms with Crippen molar-refractivity contribution in [2.24, 2.45) is 4.99 Å². The van der Waals surface area contributed by atoms with Gasteiger partial charge in [-0.3, -0.25) is 4.99 Å². The molecule has 0 aromatic heterocycles. The van der Waals surface area contributed by atoms with E-state index in [-0.39, 0.29) is 41.9 Å². The number of aromatic hydroxyl groups is 1. The lowest BCUT2D eigenvalue weighted by atomic mass is 10.1. The zero-order chi connectivity index (χ0) is 18.2. The average molecular weight is 480 g/mol. The van der Waals surface area contributed by atoms with Crippen molar-refractivity contribution in [3.8, 4) is 5.75 Å². The van der Waals surface area contributed by atoms with E-state index in [0.29, 0.717) is 37.8 Å². The lowest BCUT2D eigenvalue weighted by Crippen LogP contribution is -2.49. The lowest BCUT2D eigenvalue weighted by molar-refractivity contribution is 0.0963. The molecule has 0 unspecified atom stereocenters. The second-order valence-electron chi connectivity index (χ2n) is 5.82. The Morgan fingerprint density at radius 3 is 2.69 bits per heavy atom. The van der Waals surface area contributed by atoms with Crippen molar-refractivity contribution in [2.45, 2.75) is 32.4 Å². The van der Waals surface area contributed by atoms with Gasteiger partial charge in [0.25, 0.3) is 0 Å². The topological polar surface area (TPSA) is 86.2 Å². The summed E-state index contributed by atoms with van der Waals surface area (Å²) < 4.78 is 18.4. The second-order valence-corrected chi connectivity index (χ2v) is 5.82. The fourth-order valence-electron chi connectivity index (χ4n) is 2.66. The summed E-state index contributed by atoms with van der Waals surface area (Å²) in [5, 5.41) is 15.6. The van der Waals surface area contributed by atoms with Gasteiger partial charge in [0.1, 0.15) is 0 Å². The Balaban J connectivity index is 0.00000338. The maximum atomic E-state index is 13.3. The molecule has 3 N–H and O–H groups in total. The van der Waals surface area contributed by atoms with E-state index in [1.54, 1.807) is 24.9 Å². The molecule has 7 nitrogen and oxygen atoms in total. The van der Waals surface area contributed by atoms with Gasteiger partial charge < -0.3 is 25.4 Å². The molecule has 1 aromatic carbocycles. The molecule has 1 saturated heterocycles. The minimum absolute atomic E-state index is 0. The number of hydrogen-bond donors (Lipinski definition) is 3. The van der Waals surface area contributed by atoms with Crippen LogP contribution in [0.15, 0.2) is 23.2 Å². The van der Waals surface area contributed by atoms with Crippen molar-refractivity contribution >= 4 is 36.0 Å². The molecule has 1 aliphatic heterocycles. The number of guanidine groups is 1. The number of hydrogen-bond acceptors (Lipinski definition) is 4. The summed E-state index contributed by atoms with van der Waals surface area (Å²) in [7, 11) is 1.67. The molecule has 9 heteroatoms. The van der Waals surface area contributed by atoms with Gasteiger partial charge in [0.05, 0.1) is 6.61 Å². The third-order valence-corrected chi connectivity index (χ3v) is 4.06. The first-order valence-corrected chi connectivity index (χ1v) is 8.39. The predicted molar refractivity (Wildman–Crippen MR) is 108 cm³/mol. The van der Waals surface area contributed by atoms with E-state index in [1.807, 2.05) is 0 Å². The summed E-state index contributed by atoms with van der Waals surface area (Å²) in [6.45, 7) is 3.83. The van der Waals surface area contributed by atoms with Crippen LogP contribution >= 0.6 is 24.0 Å². The normalized spacial score (nSPS) is 15.2. The Morgan fingerprint density at radius 2 is 2.12 bits per heavy atom. The lowest BCUT2D eigenvalue weighted by Gasteiger charge is -2.32. The summed E-state index contributed by atoms with van der Waals surface area (Å²) >= 11 is 0. The number of likely N-dealkylation sites (tertiary alicyclic amines) is 1. The average Bonchev–Trinajstić information content (AvgIpc) is 2.62. The van der Waals surface area contributed by atoms with Crippen LogP contribution in [0, 0.1) is 5.82 Å². The molecule has 2 rings (SSSR count). The standard InChI is InChI=1S/C17H25FN4O3.HI/c1-3-25-17(24)22-8-6-13(7-9-22)21-16(19-2)20-11-12-4-5-15(23)14(18)10-12;/h4-5,10,13,23H,3,6-9,11H2,1-2H3,(H2,19,20,21);1H. The summed E-state index contributed by atoms with van der Waals surface area (Å²) in [5.74, 6) is -0.392. The molecule has 0 spiro atoms. The van der Waals surface area contributed by atoms with Gasteiger partial charge in [0.2, 0.25) is 0 Å². The predicted octanol–water partition coefficient (Wildman–Crippen LogP) is 2.44. The highest BCUT2D eigenvalue weighted by molar-refractivity contribution is 14.0. The van der Waals surface area contributed by atoms with Gasteiger partial charge >= 0.3 is 6.09 Å². The molecule has 0 aliphatic carbocycles. The highest BCUT2D eigenvalue weighted by atomic mass is 127. The number of aliphatic imine (C=N–C) groups is 1.